The van der Waals surface area contributed by atoms with Gasteiger partial charge < -0.3 is 19.7 Å². The lowest BCUT2D eigenvalue weighted by Gasteiger charge is -2.29. The van der Waals surface area contributed by atoms with Gasteiger partial charge in [-0.25, -0.2) is 4.39 Å². The number of para-hydroxylation sites is 2. The summed E-state index contributed by atoms with van der Waals surface area (Å²) in [5.74, 6) is 0.204. The third-order valence-electron chi connectivity index (χ3n) is 4.94. The Hall–Kier alpha value is -3.94. The smallest absolute Gasteiger partial charge is 0.227 e. The average molecular weight is 435 g/mol. The Kier molecular flexibility index (Phi) is 6.60. The number of carbonyl (C=O) groups is 2. The van der Waals surface area contributed by atoms with Gasteiger partial charge in [-0.3, -0.25) is 14.6 Å². The summed E-state index contributed by atoms with van der Waals surface area (Å²) in [7, 11) is 0. The van der Waals surface area contributed by atoms with Gasteiger partial charge in [0, 0.05) is 25.6 Å². The van der Waals surface area contributed by atoms with Crippen LogP contribution in [0.1, 0.15) is 18.4 Å². The zero-order valence-corrected chi connectivity index (χ0v) is 17.3. The molecule has 0 unspecified atom stereocenters. The van der Waals surface area contributed by atoms with Crippen molar-refractivity contribution < 1.29 is 23.5 Å². The van der Waals surface area contributed by atoms with E-state index in [1.807, 2.05) is 24.3 Å². The minimum absolute atomic E-state index is 0.0447. The van der Waals surface area contributed by atoms with Crippen molar-refractivity contribution in [3.05, 3.63) is 78.4 Å². The number of nitrogens with one attached hydrogen (secondary N) is 1. The first-order chi connectivity index (χ1) is 15.6. The molecule has 7 nitrogen and oxygen atoms in total. The Labute approximate surface area is 184 Å². The Morgan fingerprint density at radius 1 is 1.12 bits per heavy atom. The number of benzene rings is 2. The van der Waals surface area contributed by atoms with Crippen LogP contribution >= 0.6 is 0 Å². The second kappa shape index (κ2) is 9.91. The predicted octanol–water partition coefficient (Wildman–Crippen LogP) is 3.84. The van der Waals surface area contributed by atoms with E-state index in [1.165, 1.54) is 18.3 Å². The maximum atomic E-state index is 14.3. The molecule has 0 atom stereocenters. The third kappa shape index (κ3) is 5.21. The molecule has 0 radical (unpaired) electrons. The molecule has 0 saturated heterocycles. The third-order valence-corrected chi connectivity index (χ3v) is 4.94. The minimum atomic E-state index is -0.540. The lowest BCUT2D eigenvalue weighted by atomic mass is 10.2. The van der Waals surface area contributed by atoms with Crippen LogP contribution in [0.5, 0.6) is 17.2 Å². The fraction of sp³-hybridized carbons (Fsp3) is 0.208. The van der Waals surface area contributed by atoms with E-state index >= 15 is 0 Å². The Morgan fingerprint density at radius 2 is 2.00 bits per heavy atom. The van der Waals surface area contributed by atoms with Crippen molar-refractivity contribution in [3.63, 3.8) is 0 Å². The molecule has 32 heavy (non-hydrogen) atoms. The van der Waals surface area contributed by atoms with E-state index in [0.29, 0.717) is 35.9 Å². The minimum Gasteiger partial charge on any atom is -0.490 e. The number of anilines is 1. The van der Waals surface area contributed by atoms with Crippen molar-refractivity contribution in [1.29, 1.82) is 0 Å². The SMILES string of the molecule is O=C(CCC(=O)N1CCOc2ccccc21)NCc1ccc(Oc2cccnc2)c(F)c1. The van der Waals surface area contributed by atoms with Gasteiger partial charge in [-0.05, 0) is 42.0 Å². The topological polar surface area (TPSA) is 80.8 Å². The average Bonchev–Trinajstić information content (AvgIpc) is 2.83. The number of amides is 2. The fourth-order valence-electron chi connectivity index (χ4n) is 3.34. The normalized spacial score (nSPS) is 12.5. The van der Waals surface area contributed by atoms with Gasteiger partial charge in [0.05, 0.1) is 18.4 Å². The van der Waals surface area contributed by atoms with Crippen molar-refractivity contribution >= 4 is 17.5 Å². The first kappa shape index (κ1) is 21.3. The van der Waals surface area contributed by atoms with Gasteiger partial charge in [0.15, 0.2) is 11.6 Å². The van der Waals surface area contributed by atoms with Gasteiger partial charge in [-0.15, -0.1) is 0 Å². The molecule has 0 saturated carbocycles. The molecule has 2 amide bonds. The number of rotatable bonds is 7. The standard InChI is InChI=1S/C24H22FN3O4/c25-19-14-17(7-8-21(19)32-18-4-3-11-26-16-18)15-27-23(29)9-10-24(30)28-12-13-31-22-6-2-1-5-20(22)28/h1-8,11,14,16H,9-10,12-13,15H2,(H,27,29). The van der Waals surface area contributed by atoms with Crippen LogP contribution in [0.3, 0.4) is 0 Å². The van der Waals surface area contributed by atoms with Crippen LogP contribution in [-0.2, 0) is 16.1 Å². The van der Waals surface area contributed by atoms with Crippen molar-refractivity contribution in [3.8, 4) is 17.2 Å². The molecule has 4 rings (SSSR count). The Balaban J connectivity index is 1.26. The highest BCUT2D eigenvalue weighted by Crippen LogP contribution is 2.31. The molecular formula is C24H22FN3O4. The molecule has 1 aliphatic rings. The lowest BCUT2D eigenvalue weighted by Crippen LogP contribution is -2.38. The highest BCUT2D eigenvalue weighted by Gasteiger charge is 2.23. The Morgan fingerprint density at radius 3 is 2.81 bits per heavy atom. The van der Waals surface area contributed by atoms with Crippen LogP contribution in [0.4, 0.5) is 10.1 Å². The largest absolute Gasteiger partial charge is 0.490 e. The van der Waals surface area contributed by atoms with Crippen molar-refractivity contribution in [2.45, 2.75) is 19.4 Å². The number of nitrogens with zero attached hydrogens (tertiary/aromatic N) is 2. The van der Waals surface area contributed by atoms with Gasteiger partial charge in [0.2, 0.25) is 11.8 Å². The van der Waals surface area contributed by atoms with E-state index in [4.69, 9.17) is 9.47 Å². The van der Waals surface area contributed by atoms with E-state index in [2.05, 4.69) is 10.3 Å². The van der Waals surface area contributed by atoms with Crippen LogP contribution in [0.15, 0.2) is 67.0 Å². The molecule has 2 heterocycles. The molecule has 2 aromatic carbocycles. The van der Waals surface area contributed by atoms with Crippen molar-refractivity contribution in [2.75, 3.05) is 18.1 Å². The van der Waals surface area contributed by atoms with Crippen molar-refractivity contribution in [2.24, 2.45) is 0 Å². The van der Waals surface area contributed by atoms with Gasteiger partial charge in [0.1, 0.15) is 18.1 Å². The summed E-state index contributed by atoms with van der Waals surface area (Å²) >= 11 is 0. The lowest BCUT2D eigenvalue weighted by molar-refractivity contribution is -0.125. The second-order valence-corrected chi connectivity index (χ2v) is 7.19. The molecule has 8 heteroatoms. The monoisotopic (exact) mass is 435 g/mol. The summed E-state index contributed by atoms with van der Waals surface area (Å²) in [6.45, 7) is 1.02. The number of ether oxygens (including phenoxy) is 2. The summed E-state index contributed by atoms with van der Waals surface area (Å²) in [5.41, 5.74) is 1.30. The molecule has 0 aliphatic carbocycles. The summed E-state index contributed by atoms with van der Waals surface area (Å²) in [6, 6.07) is 15.2. The van der Waals surface area contributed by atoms with Crippen molar-refractivity contribution in [1.82, 2.24) is 10.3 Å². The van der Waals surface area contributed by atoms with E-state index in [-0.39, 0.29) is 37.0 Å². The summed E-state index contributed by atoms with van der Waals surface area (Å²) < 4.78 is 25.3. The first-order valence-electron chi connectivity index (χ1n) is 10.3. The molecular weight excluding hydrogens is 413 g/mol. The fourth-order valence-corrected chi connectivity index (χ4v) is 3.34. The number of halogens is 1. The van der Waals surface area contributed by atoms with Crippen LogP contribution in [0.25, 0.3) is 0 Å². The predicted molar refractivity (Wildman–Crippen MR) is 116 cm³/mol. The molecule has 164 valence electrons. The molecule has 0 bridgehead atoms. The highest BCUT2D eigenvalue weighted by molar-refractivity contribution is 5.97. The maximum absolute atomic E-state index is 14.3. The maximum Gasteiger partial charge on any atom is 0.227 e. The van der Waals surface area contributed by atoms with E-state index in [9.17, 15) is 14.0 Å². The van der Waals surface area contributed by atoms with Gasteiger partial charge in [-0.2, -0.15) is 0 Å². The van der Waals surface area contributed by atoms with Gasteiger partial charge in [0.25, 0.3) is 0 Å². The molecule has 0 spiro atoms. The molecule has 1 aromatic heterocycles. The zero-order valence-electron chi connectivity index (χ0n) is 17.3. The zero-order chi connectivity index (χ0) is 22.3. The number of fused-ring (bicyclic) bond motifs is 1. The van der Waals surface area contributed by atoms with E-state index in [1.54, 1.807) is 29.3 Å². The van der Waals surface area contributed by atoms with E-state index < -0.39 is 5.82 Å². The summed E-state index contributed by atoms with van der Waals surface area (Å²) in [4.78, 5) is 30.4. The van der Waals surface area contributed by atoms with E-state index in [0.717, 1.165) is 0 Å². The molecule has 1 aliphatic heterocycles. The molecule has 0 fully saturated rings. The van der Waals surface area contributed by atoms with Crippen LogP contribution in [0, 0.1) is 5.82 Å². The van der Waals surface area contributed by atoms with Gasteiger partial charge >= 0.3 is 0 Å². The van der Waals surface area contributed by atoms with Crippen LogP contribution in [-0.4, -0.2) is 29.9 Å². The number of carbonyl (C=O) groups excluding carboxylic acids is 2. The number of pyridine rings is 1. The second-order valence-electron chi connectivity index (χ2n) is 7.19. The molecule has 1 N–H and O–H groups in total. The number of aromatic nitrogens is 1. The molecule has 3 aromatic rings. The summed E-state index contributed by atoms with van der Waals surface area (Å²) in [5, 5.41) is 2.72. The Bertz CT molecular complexity index is 1110. The van der Waals surface area contributed by atoms with Crippen LogP contribution in [0.2, 0.25) is 0 Å². The van der Waals surface area contributed by atoms with Gasteiger partial charge in [-0.1, -0.05) is 18.2 Å². The highest BCUT2D eigenvalue weighted by atomic mass is 19.1. The number of hydrogen-bond acceptors (Lipinski definition) is 5. The summed E-state index contributed by atoms with van der Waals surface area (Å²) in [6.07, 6.45) is 3.21. The van der Waals surface area contributed by atoms with Crippen LogP contribution < -0.4 is 19.7 Å². The number of hydrogen-bond donors (Lipinski definition) is 1. The quantitative estimate of drug-likeness (QED) is 0.610. The first-order valence-corrected chi connectivity index (χ1v) is 10.3.